The van der Waals surface area contributed by atoms with Crippen molar-refractivity contribution in [3.05, 3.63) is 18.2 Å². The summed E-state index contributed by atoms with van der Waals surface area (Å²) < 4.78 is 0. The Bertz CT molecular complexity index is 426. The van der Waals surface area contributed by atoms with Crippen molar-refractivity contribution in [2.45, 2.75) is 13.5 Å². The van der Waals surface area contributed by atoms with E-state index < -0.39 is 11.9 Å². The molecule has 1 fully saturated rings. The molecule has 2 heterocycles. The summed E-state index contributed by atoms with van der Waals surface area (Å²) in [5, 5.41) is 11.6. The fourth-order valence-corrected chi connectivity index (χ4v) is 1.86. The zero-order chi connectivity index (χ0) is 13.1. The van der Waals surface area contributed by atoms with Gasteiger partial charge in [0.15, 0.2) is 0 Å². The summed E-state index contributed by atoms with van der Waals surface area (Å²) in [6.07, 6.45) is 3.20. The van der Waals surface area contributed by atoms with Gasteiger partial charge >= 0.3 is 12.0 Å². The Morgan fingerprint density at radius 2 is 2.39 bits per heavy atom. The molecule has 0 spiro atoms. The number of amides is 2. The number of likely N-dealkylation sites (tertiary alicyclic amines) is 1. The molecule has 2 amide bonds. The van der Waals surface area contributed by atoms with Gasteiger partial charge in [0.25, 0.3) is 0 Å². The highest BCUT2D eigenvalue weighted by Crippen LogP contribution is 2.23. The molecular weight excluding hydrogens is 236 g/mol. The Morgan fingerprint density at radius 1 is 1.67 bits per heavy atom. The van der Waals surface area contributed by atoms with Gasteiger partial charge in [-0.1, -0.05) is 6.92 Å². The Labute approximate surface area is 104 Å². The SMILES string of the molecule is CC(C(=O)O)C1CN(C(=O)NCc2cnc[nH]2)C1. The van der Waals surface area contributed by atoms with Gasteiger partial charge in [-0.25, -0.2) is 9.78 Å². The van der Waals surface area contributed by atoms with E-state index >= 15 is 0 Å². The maximum atomic E-state index is 11.7. The summed E-state index contributed by atoms with van der Waals surface area (Å²) in [5.41, 5.74) is 0.833. The van der Waals surface area contributed by atoms with Crippen molar-refractivity contribution >= 4 is 12.0 Å². The van der Waals surface area contributed by atoms with Crippen LogP contribution in [-0.4, -0.2) is 45.1 Å². The number of H-pyrrole nitrogens is 1. The van der Waals surface area contributed by atoms with Gasteiger partial charge in [0.05, 0.1) is 24.5 Å². The zero-order valence-electron chi connectivity index (χ0n) is 10.1. The van der Waals surface area contributed by atoms with Crippen molar-refractivity contribution in [2.24, 2.45) is 11.8 Å². The van der Waals surface area contributed by atoms with Crippen molar-refractivity contribution in [1.29, 1.82) is 0 Å². The van der Waals surface area contributed by atoms with Crippen molar-refractivity contribution < 1.29 is 14.7 Å². The average Bonchev–Trinajstić information content (AvgIpc) is 2.76. The van der Waals surface area contributed by atoms with E-state index in [-0.39, 0.29) is 11.9 Å². The number of nitrogens with one attached hydrogen (secondary N) is 2. The number of carbonyl (C=O) groups is 2. The van der Waals surface area contributed by atoms with Gasteiger partial charge in [0.2, 0.25) is 0 Å². The first-order chi connectivity index (χ1) is 8.58. The summed E-state index contributed by atoms with van der Waals surface area (Å²) in [7, 11) is 0. The van der Waals surface area contributed by atoms with Crippen LogP contribution in [0.15, 0.2) is 12.5 Å². The maximum Gasteiger partial charge on any atom is 0.317 e. The van der Waals surface area contributed by atoms with Crippen molar-refractivity contribution in [1.82, 2.24) is 20.2 Å². The third-order valence-corrected chi connectivity index (χ3v) is 3.28. The van der Waals surface area contributed by atoms with Crippen LogP contribution in [0.5, 0.6) is 0 Å². The van der Waals surface area contributed by atoms with E-state index in [1.165, 1.54) is 0 Å². The second kappa shape index (κ2) is 5.07. The van der Waals surface area contributed by atoms with Gasteiger partial charge in [0, 0.05) is 25.2 Å². The first-order valence-electron chi connectivity index (χ1n) is 5.80. The summed E-state index contributed by atoms with van der Waals surface area (Å²) in [5.74, 6) is -1.15. The molecule has 0 aliphatic carbocycles. The first kappa shape index (κ1) is 12.4. The van der Waals surface area contributed by atoms with Crippen LogP contribution in [0.25, 0.3) is 0 Å². The van der Waals surface area contributed by atoms with E-state index in [4.69, 9.17) is 5.11 Å². The van der Waals surface area contributed by atoms with E-state index in [2.05, 4.69) is 15.3 Å². The molecule has 0 bridgehead atoms. The van der Waals surface area contributed by atoms with Crippen LogP contribution < -0.4 is 5.32 Å². The Hall–Kier alpha value is -2.05. The third-order valence-electron chi connectivity index (χ3n) is 3.28. The van der Waals surface area contributed by atoms with Crippen LogP contribution in [0.4, 0.5) is 4.79 Å². The van der Waals surface area contributed by atoms with Crippen molar-refractivity contribution in [3.63, 3.8) is 0 Å². The molecule has 1 atom stereocenters. The Balaban J connectivity index is 1.71. The number of carboxylic acids is 1. The molecule has 1 aromatic heterocycles. The minimum atomic E-state index is -0.808. The topological polar surface area (TPSA) is 98.3 Å². The summed E-state index contributed by atoms with van der Waals surface area (Å²) in [6.45, 7) is 3.08. The highest BCUT2D eigenvalue weighted by Gasteiger charge is 2.36. The normalized spacial score (nSPS) is 17.1. The van der Waals surface area contributed by atoms with Crippen LogP contribution in [0.1, 0.15) is 12.6 Å². The van der Waals surface area contributed by atoms with Crippen LogP contribution in [0.2, 0.25) is 0 Å². The van der Waals surface area contributed by atoms with Gasteiger partial charge in [-0.2, -0.15) is 0 Å². The molecular formula is C11H16N4O3. The second-order valence-electron chi connectivity index (χ2n) is 4.53. The van der Waals surface area contributed by atoms with E-state index in [0.29, 0.717) is 19.6 Å². The number of urea groups is 1. The average molecular weight is 252 g/mol. The molecule has 7 heteroatoms. The van der Waals surface area contributed by atoms with Crippen LogP contribution >= 0.6 is 0 Å². The number of aromatic amines is 1. The largest absolute Gasteiger partial charge is 0.481 e. The highest BCUT2D eigenvalue weighted by atomic mass is 16.4. The monoisotopic (exact) mass is 252 g/mol. The lowest BCUT2D eigenvalue weighted by Crippen LogP contribution is -2.56. The number of aromatic nitrogens is 2. The number of hydrogen-bond donors (Lipinski definition) is 3. The highest BCUT2D eigenvalue weighted by molar-refractivity contribution is 5.76. The Kier molecular flexibility index (Phi) is 3.50. The molecule has 2 rings (SSSR count). The van der Waals surface area contributed by atoms with E-state index in [1.807, 2.05) is 0 Å². The number of hydrogen-bond acceptors (Lipinski definition) is 3. The van der Waals surface area contributed by atoms with Crippen LogP contribution in [0.3, 0.4) is 0 Å². The zero-order valence-corrected chi connectivity index (χ0v) is 10.1. The predicted octanol–water partition coefficient (Wildman–Crippen LogP) is 0.272. The van der Waals surface area contributed by atoms with Gasteiger partial charge in [-0.3, -0.25) is 4.79 Å². The number of imidazole rings is 1. The van der Waals surface area contributed by atoms with Gasteiger partial charge in [0.1, 0.15) is 0 Å². The molecule has 1 aliphatic rings. The number of aliphatic carboxylic acids is 1. The fraction of sp³-hybridized carbons (Fsp3) is 0.545. The minimum absolute atomic E-state index is 0.0559. The molecule has 1 aliphatic heterocycles. The van der Waals surface area contributed by atoms with Gasteiger partial charge in [-0.15, -0.1) is 0 Å². The standard InChI is InChI=1S/C11H16N4O3/c1-7(10(16)17)8-4-15(5-8)11(18)13-3-9-2-12-6-14-9/h2,6-8H,3-5H2,1H3,(H,12,14)(H,13,18)(H,16,17). The number of carbonyl (C=O) groups excluding carboxylic acids is 1. The van der Waals surface area contributed by atoms with E-state index in [0.717, 1.165) is 5.69 Å². The smallest absolute Gasteiger partial charge is 0.317 e. The van der Waals surface area contributed by atoms with Gasteiger partial charge in [-0.05, 0) is 0 Å². The predicted molar refractivity (Wildman–Crippen MR) is 62.7 cm³/mol. The molecule has 1 saturated heterocycles. The summed E-state index contributed by atoms with van der Waals surface area (Å²) >= 11 is 0. The minimum Gasteiger partial charge on any atom is -0.481 e. The molecule has 1 aromatic rings. The molecule has 1 unspecified atom stereocenters. The fourth-order valence-electron chi connectivity index (χ4n) is 1.86. The van der Waals surface area contributed by atoms with E-state index in [1.54, 1.807) is 24.3 Å². The lowest BCUT2D eigenvalue weighted by atomic mass is 9.87. The number of rotatable bonds is 4. The maximum absolute atomic E-state index is 11.7. The van der Waals surface area contributed by atoms with E-state index in [9.17, 15) is 9.59 Å². The van der Waals surface area contributed by atoms with Crippen molar-refractivity contribution in [2.75, 3.05) is 13.1 Å². The Morgan fingerprint density at radius 3 is 2.94 bits per heavy atom. The molecule has 18 heavy (non-hydrogen) atoms. The molecule has 3 N–H and O–H groups in total. The molecule has 0 saturated carbocycles. The van der Waals surface area contributed by atoms with Crippen LogP contribution in [0, 0.1) is 11.8 Å². The number of carboxylic acid groups (broad SMARTS) is 1. The lowest BCUT2D eigenvalue weighted by Gasteiger charge is -2.40. The second-order valence-corrected chi connectivity index (χ2v) is 4.53. The lowest BCUT2D eigenvalue weighted by molar-refractivity contribution is -0.144. The van der Waals surface area contributed by atoms with Gasteiger partial charge < -0.3 is 20.3 Å². The molecule has 0 aromatic carbocycles. The van der Waals surface area contributed by atoms with Crippen LogP contribution in [-0.2, 0) is 11.3 Å². The first-order valence-corrected chi connectivity index (χ1v) is 5.80. The summed E-state index contributed by atoms with van der Waals surface area (Å²) in [4.78, 5) is 30.8. The molecule has 98 valence electrons. The van der Waals surface area contributed by atoms with Crippen molar-refractivity contribution in [3.8, 4) is 0 Å². The third kappa shape index (κ3) is 2.61. The molecule has 7 nitrogen and oxygen atoms in total. The number of nitrogens with zero attached hydrogens (tertiary/aromatic N) is 2. The summed E-state index contributed by atoms with van der Waals surface area (Å²) in [6, 6.07) is -0.168. The molecule has 0 radical (unpaired) electrons. The quantitative estimate of drug-likeness (QED) is 0.716.